The highest BCUT2D eigenvalue weighted by atomic mass is 16.6. The fraction of sp³-hybridized carbons (Fsp3) is 0.538. The Hall–Kier alpha value is -2.58. The molecule has 0 spiro atoms. The first-order valence-corrected chi connectivity index (χ1v) is 6.51. The number of aromatic nitrogens is 2. The molecule has 1 rings (SSSR count). The molecule has 0 aliphatic carbocycles. The quantitative estimate of drug-likeness (QED) is 0.346. The van der Waals surface area contributed by atoms with Crippen molar-refractivity contribution in [2.45, 2.75) is 39.2 Å². The minimum absolute atomic E-state index is 0.0680. The molecular formula is C13H17N3O6. The number of rotatable bonds is 5. The van der Waals surface area contributed by atoms with Gasteiger partial charge in [0.05, 0.1) is 6.61 Å². The Morgan fingerprint density at radius 3 is 2.32 bits per heavy atom. The smallest absolute Gasteiger partial charge is 0.381 e. The number of nitro groups is 1. The topological polar surface area (TPSA) is 122 Å². The summed E-state index contributed by atoms with van der Waals surface area (Å²) in [4.78, 5) is 41.3. The summed E-state index contributed by atoms with van der Waals surface area (Å²) in [7, 11) is 0. The maximum atomic E-state index is 12.2. The van der Waals surface area contributed by atoms with E-state index >= 15 is 0 Å². The third-order valence-electron chi connectivity index (χ3n) is 2.31. The molecule has 9 heteroatoms. The van der Waals surface area contributed by atoms with E-state index in [0.717, 1.165) is 12.4 Å². The third kappa shape index (κ3) is 4.76. The van der Waals surface area contributed by atoms with Gasteiger partial charge in [-0.05, 0) is 37.6 Å². The molecule has 0 aliphatic rings. The van der Waals surface area contributed by atoms with Crippen molar-refractivity contribution in [3.63, 3.8) is 0 Å². The highest BCUT2D eigenvalue weighted by Gasteiger charge is 2.36. The van der Waals surface area contributed by atoms with E-state index < -0.39 is 34.2 Å². The van der Waals surface area contributed by atoms with Crippen LogP contribution in [-0.2, 0) is 19.1 Å². The highest BCUT2D eigenvalue weighted by Crippen LogP contribution is 2.21. The van der Waals surface area contributed by atoms with E-state index in [1.54, 1.807) is 27.7 Å². The Labute approximate surface area is 126 Å². The van der Waals surface area contributed by atoms with Gasteiger partial charge in [-0.25, -0.2) is 4.98 Å². The molecule has 1 heterocycles. The summed E-state index contributed by atoms with van der Waals surface area (Å²) in [6.45, 7) is 6.60. The van der Waals surface area contributed by atoms with Gasteiger partial charge < -0.3 is 19.6 Å². The summed E-state index contributed by atoms with van der Waals surface area (Å²) in [5.74, 6) is -3.63. The molecule has 1 aromatic heterocycles. The van der Waals surface area contributed by atoms with E-state index in [1.165, 1.54) is 0 Å². The van der Waals surface area contributed by atoms with E-state index in [9.17, 15) is 19.7 Å². The van der Waals surface area contributed by atoms with E-state index in [4.69, 9.17) is 9.47 Å². The number of hydrogen-bond donors (Lipinski definition) is 0. The van der Waals surface area contributed by atoms with Gasteiger partial charge in [0.1, 0.15) is 17.5 Å². The zero-order chi connectivity index (χ0) is 16.9. The normalized spacial score (nSPS) is 12.4. The molecule has 1 atom stereocenters. The average molecular weight is 311 g/mol. The SMILES string of the molecule is CCOC(=O)[C@H](C(=O)OC(C)(C)C)c1cnc([N+](=O)[O-])cn1. The summed E-state index contributed by atoms with van der Waals surface area (Å²) < 4.78 is 9.99. The van der Waals surface area contributed by atoms with Gasteiger partial charge in [-0.3, -0.25) is 9.59 Å². The highest BCUT2D eigenvalue weighted by molar-refractivity contribution is 6.00. The van der Waals surface area contributed by atoms with Crippen molar-refractivity contribution in [1.29, 1.82) is 0 Å². The third-order valence-corrected chi connectivity index (χ3v) is 2.31. The number of carbonyl (C=O) groups is 2. The van der Waals surface area contributed by atoms with Gasteiger partial charge in [-0.15, -0.1) is 0 Å². The molecule has 0 aromatic carbocycles. The van der Waals surface area contributed by atoms with Crippen molar-refractivity contribution >= 4 is 17.8 Å². The number of hydrogen-bond acceptors (Lipinski definition) is 8. The number of esters is 2. The molecule has 0 aliphatic heterocycles. The molecule has 0 bridgehead atoms. The summed E-state index contributed by atoms with van der Waals surface area (Å²) in [5, 5.41) is 10.6. The molecule has 0 saturated heterocycles. The van der Waals surface area contributed by atoms with Crippen molar-refractivity contribution in [2.24, 2.45) is 0 Å². The van der Waals surface area contributed by atoms with Crippen molar-refractivity contribution in [1.82, 2.24) is 9.97 Å². The Bertz CT molecular complexity index is 564. The molecular weight excluding hydrogens is 294 g/mol. The van der Waals surface area contributed by atoms with Crippen LogP contribution in [0.4, 0.5) is 5.82 Å². The Balaban J connectivity index is 3.12. The van der Waals surface area contributed by atoms with E-state index in [0.29, 0.717) is 0 Å². The van der Waals surface area contributed by atoms with Gasteiger partial charge in [-0.1, -0.05) is 0 Å². The molecule has 120 valence electrons. The molecule has 0 fully saturated rings. The fourth-order valence-corrected chi connectivity index (χ4v) is 1.50. The molecule has 0 N–H and O–H groups in total. The second-order valence-corrected chi connectivity index (χ2v) is 5.28. The largest absolute Gasteiger partial charge is 0.465 e. The first-order valence-electron chi connectivity index (χ1n) is 6.51. The number of ether oxygens (including phenoxy) is 2. The summed E-state index contributed by atoms with van der Waals surface area (Å²) in [6.07, 6.45) is 1.86. The minimum Gasteiger partial charge on any atom is -0.465 e. The lowest BCUT2D eigenvalue weighted by atomic mass is 10.1. The van der Waals surface area contributed by atoms with Gasteiger partial charge in [-0.2, -0.15) is 0 Å². The van der Waals surface area contributed by atoms with Crippen molar-refractivity contribution in [3.8, 4) is 0 Å². The molecule has 0 amide bonds. The fourth-order valence-electron chi connectivity index (χ4n) is 1.50. The van der Waals surface area contributed by atoms with Crippen LogP contribution in [0.5, 0.6) is 0 Å². The zero-order valence-electron chi connectivity index (χ0n) is 12.7. The summed E-state index contributed by atoms with van der Waals surface area (Å²) in [6, 6.07) is 0. The monoisotopic (exact) mass is 311 g/mol. The standard InChI is InChI=1S/C13H17N3O6/c1-5-21-11(17)10(12(18)22-13(2,3)4)8-6-15-9(7-14-8)16(19)20/h6-7,10H,5H2,1-4H3/t10-/m1/s1. The first kappa shape index (κ1) is 17.5. The predicted molar refractivity (Wildman–Crippen MR) is 73.9 cm³/mol. The predicted octanol–water partition coefficient (Wildman–Crippen LogP) is 1.37. The van der Waals surface area contributed by atoms with Crippen LogP contribution in [0.2, 0.25) is 0 Å². The van der Waals surface area contributed by atoms with Gasteiger partial charge in [0.25, 0.3) is 0 Å². The lowest BCUT2D eigenvalue weighted by molar-refractivity contribution is -0.389. The van der Waals surface area contributed by atoms with Gasteiger partial charge in [0, 0.05) is 0 Å². The van der Waals surface area contributed by atoms with Crippen LogP contribution < -0.4 is 0 Å². The van der Waals surface area contributed by atoms with E-state index in [2.05, 4.69) is 9.97 Å². The van der Waals surface area contributed by atoms with Crippen molar-refractivity contribution in [2.75, 3.05) is 6.61 Å². The average Bonchev–Trinajstić information content (AvgIpc) is 2.37. The Morgan fingerprint density at radius 1 is 1.27 bits per heavy atom. The molecule has 0 unspecified atom stereocenters. The van der Waals surface area contributed by atoms with Gasteiger partial charge in [0.15, 0.2) is 12.1 Å². The molecule has 1 aromatic rings. The Morgan fingerprint density at radius 2 is 1.91 bits per heavy atom. The first-order chi connectivity index (χ1) is 10.2. The molecule has 9 nitrogen and oxygen atoms in total. The van der Waals surface area contributed by atoms with Gasteiger partial charge >= 0.3 is 17.8 Å². The van der Waals surface area contributed by atoms with Crippen molar-refractivity contribution < 1.29 is 24.0 Å². The van der Waals surface area contributed by atoms with Crippen LogP contribution in [0.25, 0.3) is 0 Å². The number of carbonyl (C=O) groups excluding carboxylic acids is 2. The van der Waals surface area contributed by atoms with Crippen molar-refractivity contribution in [3.05, 3.63) is 28.2 Å². The number of nitrogens with zero attached hydrogens (tertiary/aromatic N) is 3. The van der Waals surface area contributed by atoms with Crippen LogP contribution >= 0.6 is 0 Å². The summed E-state index contributed by atoms with van der Waals surface area (Å²) >= 11 is 0. The molecule has 22 heavy (non-hydrogen) atoms. The second-order valence-electron chi connectivity index (χ2n) is 5.28. The second kappa shape index (κ2) is 6.92. The van der Waals surface area contributed by atoms with E-state index in [-0.39, 0.29) is 12.3 Å². The van der Waals surface area contributed by atoms with Crippen LogP contribution in [0, 0.1) is 10.1 Å². The van der Waals surface area contributed by atoms with Crippen LogP contribution in [0.15, 0.2) is 12.4 Å². The maximum Gasteiger partial charge on any atom is 0.381 e. The van der Waals surface area contributed by atoms with E-state index in [1.807, 2.05) is 0 Å². The minimum atomic E-state index is -1.44. The summed E-state index contributed by atoms with van der Waals surface area (Å²) in [5.41, 5.74) is -0.881. The van der Waals surface area contributed by atoms with Crippen LogP contribution in [-0.4, -0.2) is 39.0 Å². The maximum absolute atomic E-state index is 12.2. The zero-order valence-corrected chi connectivity index (χ0v) is 12.7. The molecule has 0 radical (unpaired) electrons. The molecule has 0 saturated carbocycles. The van der Waals surface area contributed by atoms with Crippen LogP contribution in [0.3, 0.4) is 0 Å². The Kier molecular flexibility index (Phi) is 5.50. The lowest BCUT2D eigenvalue weighted by Crippen LogP contribution is -2.33. The van der Waals surface area contributed by atoms with Gasteiger partial charge in [0.2, 0.25) is 0 Å². The van der Waals surface area contributed by atoms with Crippen LogP contribution in [0.1, 0.15) is 39.3 Å². The lowest BCUT2D eigenvalue weighted by Gasteiger charge is -2.22.